The molecule has 1 saturated carbocycles. The van der Waals surface area contributed by atoms with Crippen LogP contribution in [0.1, 0.15) is 44.9 Å². The summed E-state index contributed by atoms with van der Waals surface area (Å²) in [7, 11) is 0. The van der Waals surface area contributed by atoms with E-state index in [4.69, 9.17) is 5.11 Å². The molecule has 20 heavy (non-hydrogen) atoms. The maximum atomic E-state index is 12.4. The molecule has 0 spiro atoms. The van der Waals surface area contributed by atoms with Crippen molar-refractivity contribution in [3.8, 4) is 0 Å². The summed E-state index contributed by atoms with van der Waals surface area (Å²) in [5, 5.41) is 21.4. The molecule has 1 saturated heterocycles. The number of urea groups is 1. The lowest BCUT2D eigenvalue weighted by atomic mass is 10.0. The number of hydrogen-bond acceptors (Lipinski definition) is 3. The van der Waals surface area contributed by atoms with Gasteiger partial charge in [-0.1, -0.05) is 19.3 Å². The molecule has 2 fully saturated rings. The summed E-state index contributed by atoms with van der Waals surface area (Å²) >= 11 is 0. The normalized spacial score (nSPS) is 30.9. The van der Waals surface area contributed by atoms with Crippen molar-refractivity contribution in [1.82, 2.24) is 10.2 Å². The SMILES string of the molecule is O=C(O)C1CCCC1NC(=O)N1CCCCCC1CO. The second-order valence-electron chi connectivity index (χ2n) is 5.81. The Kier molecular flexibility index (Phi) is 5.23. The van der Waals surface area contributed by atoms with Gasteiger partial charge >= 0.3 is 12.0 Å². The quantitative estimate of drug-likeness (QED) is 0.726. The van der Waals surface area contributed by atoms with Crippen molar-refractivity contribution >= 4 is 12.0 Å². The molecule has 1 heterocycles. The fourth-order valence-corrected chi connectivity index (χ4v) is 3.30. The Hall–Kier alpha value is -1.30. The number of nitrogens with one attached hydrogen (secondary N) is 1. The molecular weight excluding hydrogens is 260 g/mol. The molecule has 1 aliphatic heterocycles. The predicted molar refractivity (Wildman–Crippen MR) is 73.3 cm³/mol. The zero-order valence-electron chi connectivity index (χ0n) is 11.8. The number of carboxylic acids is 1. The van der Waals surface area contributed by atoms with Crippen LogP contribution >= 0.6 is 0 Å². The van der Waals surface area contributed by atoms with Gasteiger partial charge in [0.05, 0.1) is 18.6 Å². The van der Waals surface area contributed by atoms with Crippen LogP contribution in [0, 0.1) is 5.92 Å². The molecule has 6 heteroatoms. The molecule has 2 rings (SSSR count). The molecule has 2 aliphatic rings. The van der Waals surface area contributed by atoms with E-state index >= 15 is 0 Å². The van der Waals surface area contributed by atoms with Crippen LogP contribution in [-0.2, 0) is 4.79 Å². The molecule has 114 valence electrons. The lowest BCUT2D eigenvalue weighted by Crippen LogP contribution is -2.51. The maximum absolute atomic E-state index is 12.4. The summed E-state index contributed by atoms with van der Waals surface area (Å²) in [6, 6.07) is -0.631. The number of hydrogen-bond donors (Lipinski definition) is 3. The number of aliphatic hydroxyl groups is 1. The van der Waals surface area contributed by atoms with E-state index in [0.717, 1.165) is 38.5 Å². The van der Waals surface area contributed by atoms with E-state index < -0.39 is 11.9 Å². The van der Waals surface area contributed by atoms with Gasteiger partial charge in [-0.3, -0.25) is 4.79 Å². The molecule has 0 aromatic rings. The maximum Gasteiger partial charge on any atom is 0.317 e. The second-order valence-corrected chi connectivity index (χ2v) is 5.81. The summed E-state index contributed by atoms with van der Waals surface area (Å²) in [5.41, 5.74) is 0. The van der Waals surface area contributed by atoms with Crippen LogP contribution in [0.25, 0.3) is 0 Å². The Bertz CT molecular complexity index is 361. The van der Waals surface area contributed by atoms with Crippen molar-refractivity contribution in [2.75, 3.05) is 13.2 Å². The zero-order chi connectivity index (χ0) is 14.5. The number of likely N-dealkylation sites (tertiary alicyclic amines) is 1. The molecule has 3 N–H and O–H groups in total. The smallest absolute Gasteiger partial charge is 0.317 e. The molecule has 0 aromatic heterocycles. The molecule has 1 aliphatic carbocycles. The monoisotopic (exact) mass is 284 g/mol. The minimum absolute atomic E-state index is 0.0273. The fraction of sp³-hybridized carbons (Fsp3) is 0.857. The van der Waals surface area contributed by atoms with E-state index in [1.807, 2.05) is 0 Å². The third-order valence-corrected chi connectivity index (χ3v) is 4.49. The van der Waals surface area contributed by atoms with Crippen LogP contribution < -0.4 is 5.32 Å². The van der Waals surface area contributed by atoms with Crippen LogP contribution in [0.3, 0.4) is 0 Å². The molecule has 3 unspecified atom stereocenters. The van der Waals surface area contributed by atoms with E-state index in [1.54, 1.807) is 4.90 Å². The average Bonchev–Trinajstić information content (AvgIpc) is 2.74. The number of amides is 2. The molecule has 0 radical (unpaired) electrons. The first-order chi connectivity index (χ1) is 9.63. The standard InChI is InChI=1S/C14H24N2O4/c17-9-10-5-2-1-3-8-16(10)14(20)15-12-7-4-6-11(12)13(18)19/h10-12,17H,1-9H2,(H,15,20)(H,18,19). The highest BCUT2D eigenvalue weighted by molar-refractivity contribution is 5.77. The first-order valence-corrected chi connectivity index (χ1v) is 7.54. The van der Waals surface area contributed by atoms with Gasteiger partial charge in [-0.05, 0) is 25.7 Å². The van der Waals surface area contributed by atoms with Gasteiger partial charge < -0.3 is 20.4 Å². The number of aliphatic carboxylic acids is 1. The van der Waals surface area contributed by atoms with Gasteiger partial charge in [0, 0.05) is 12.6 Å². The summed E-state index contributed by atoms with van der Waals surface area (Å²) in [5.74, 6) is -1.30. The van der Waals surface area contributed by atoms with E-state index in [9.17, 15) is 14.7 Å². The molecular formula is C14H24N2O4. The Labute approximate surface area is 119 Å². The summed E-state index contributed by atoms with van der Waals surface area (Å²) in [6.45, 7) is 0.613. The minimum atomic E-state index is -0.831. The lowest BCUT2D eigenvalue weighted by molar-refractivity contribution is -0.142. The largest absolute Gasteiger partial charge is 0.481 e. The molecule has 0 aromatic carbocycles. The van der Waals surface area contributed by atoms with Crippen LogP contribution in [0.2, 0.25) is 0 Å². The minimum Gasteiger partial charge on any atom is -0.481 e. The number of rotatable bonds is 3. The van der Waals surface area contributed by atoms with Crippen molar-refractivity contribution in [2.24, 2.45) is 5.92 Å². The van der Waals surface area contributed by atoms with Crippen molar-refractivity contribution in [2.45, 2.75) is 57.0 Å². The predicted octanol–water partition coefficient (Wildman–Crippen LogP) is 1.19. The van der Waals surface area contributed by atoms with Gasteiger partial charge in [0.1, 0.15) is 0 Å². The van der Waals surface area contributed by atoms with Gasteiger partial charge in [-0.25, -0.2) is 4.79 Å². The highest BCUT2D eigenvalue weighted by Gasteiger charge is 2.35. The second kappa shape index (κ2) is 6.92. The van der Waals surface area contributed by atoms with E-state index in [-0.39, 0.29) is 24.7 Å². The third-order valence-electron chi connectivity index (χ3n) is 4.49. The zero-order valence-corrected chi connectivity index (χ0v) is 11.8. The van der Waals surface area contributed by atoms with Crippen LogP contribution in [-0.4, -0.2) is 52.3 Å². The number of carbonyl (C=O) groups is 2. The van der Waals surface area contributed by atoms with E-state index in [2.05, 4.69) is 5.32 Å². The van der Waals surface area contributed by atoms with Crippen LogP contribution in [0.15, 0.2) is 0 Å². The van der Waals surface area contributed by atoms with Crippen molar-refractivity contribution in [3.63, 3.8) is 0 Å². The first-order valence-electron chi connectivity index (χ1n) is 7.54. The van der Waals surface area contributed by atoms with E-state index in [1.165, 1.54) is 0 Å². The van der Waals surface area contributed by atoms with Crippen molar-refractivity contribution < 1.29 is 19.8 Å². The molecule has 0 bridgehead atoms. The third kappa shape index (κ3) is 3.42. The average molecular weight is 284 g/mol. The van der Waals surface area contributed by atoms with Gasteiger partial charge in [-0.15, -0.1) is 0 Å². The van der Waals surface area contributed by atoms with Gasteiger partial charge in [0.25, 0.3) is 0 Å². The van der Waals surface area contributed by atoms with Gasteiger partial charge in [0.15, 0.2) is 0 Å². The highest BCUT2D eigenvalue weighted by Crippen LogP contribution is 2.26. The van der Waals surface area contributed by atoms with Gasteiger partial charge in [-0.2, -0.15) is 0 Å². The summed E-state index contributed by atoms with van der Waals surface area (Å²) < 4.78 is 0. The number of carboxylic acid groups (broad SMARTS) is 1. The lowest BCUT2D eigenvalue weighted by Gasteiger charge is -2.30. The Morgan fingerprint density at radius 1 is 1.10 bits per heavy atom. The number of nitrogens with zero attached hydrogens (tertiary/aromatic N) is 1. The molecule has 6 nitrogen and oxygen atoms in total. The first kappa shape index (κ1) is 15.1. The van der Waals surface area contributed by atoms with Crippen molar-refractivity contribution in [1.29, 1.82) is 0 Å². The van der Waals surface area contributed by atoms with Crippen LogP contribution in [0.4, 0.5) is 4.79 Å². The topological polar surface area (TPSA) is 89.9 Å². The summed E-state index contributed by atoms with van der Waals surface area (Å²) in [6.07, 6.45) is 6.04. The number of carbonyl (C=O) groups excluding carboxylic acids is 1. The Morgan fingerprint density at radius 3 is 2.60 bits per heavy atom. The molecule has 3 atom stereocenters. The summed E-state index contributed by atoms with van der Waals surface area (Å²) in [4.78, 5) is 25.2. The van der Waals surface area contributed by atoms with Gasteiger partial charge in [0.2, 0.25) is 0 Å². The fourth-order valence-electron chi connectivity index (χ4n) is 3.30. The highest BCUT2D eigenvalue weighted by atomic mass is 16.4. The number of aliphatic hydroxyl groups excluding tert-OH is 1. The van der Waals surface area contributed by atoms with Crippen LogP contribution in [0.5, 0.6) is 0 Å². The van der Waals surface area contributed by atoms with E-state index in [0.29, 0.717) is 13.0 Å². The Balaban J connectivity index is 1.97. The van der Waals surface area contributed by atoms with Crippen molar-refractivity contribution in [3.05, 3.63) is 0 Å². The molecule has 2 amide bonds. The Morgan fingerprint density at radius 2 is 1.90 bits per heavy atom.